The second kappa shape index (κ2) is 4.20. The second-order valence-corrected chi connectivity index (χ2v) is 4.89. The smallest absolute Gasteiger partial charge is 0.336 e. The fourth-order valence-corrected chi connectivity index (χ4v) is 2.36. The Morgan fingerprint density at radius 1 is 1.32 bits per heavy atom. The highest BCUT2D eigenvalue weighted by Gasteiger charge is 2.27. The largest absolute Gasteiger partial charge is 0.423 e. The number of fused-ring (bicyclic) bond motifs is 1. The number of nitrogens with one attached hydrogen (secondary N) is 1. The summed E-state index contributed by atoms with van der Waals surface area (Å²) in [7, 11) is 0. The molecule has 1 saturated heterocycles. The molecule has 5 heteroatoms. The Balaban J connectivity index is 2.12. The Kier molecular flexibility index (Phi) is 2.64. The maximum atomic E-state index is 11.8. The molecular weight excluding hydrogens is 244 g/mol. The van der Waals surface area contributed by atoms with E-state index in [9.17, 15) is 9.59 Å². The number of hydrogen-bond acceptors (Lipinski definition) is 4. The molecule has 1 amide bonds. The molecule has 1 aromatic heterocycles. The Morgan fingerprint density at radius 2 is 2.11 bits per heavy atom. The van der Waals surface area contributed by atoms with Crippen molar-refractivity contribution >= 4 is 22.6 Å². The van der Waals surface area contributed by atoms with Crippen LogP contribution >= 0.6 is 0 Å². The lowest BCUT2D eigenvalue weighted by Gasteiger charge is -2.17. The van der Waals surface area contributed by atoms with Gasteiger partial charge in [-0.15, -0.1) is 0 Å². The topological polar surface area (TPSA) is 62.6 Å². The zero-order valence-corrected chi connectivity index (χ0v) is 10.8. The maximum Gasteiger partial charge on any atom is 0.336 e. The van der Waals surface area contributed by atoms with Gasteiger partial charge < -0.3 is 4.42 Å². The van der Waals surface area contributed by atoms with Crippen molar-refractivity contribution in [2.45, 2.75) is 26.3 Å². The summed E-state index contributed by atoms with van der Waals surface area (Å²) in [6.07, 6.45) is 0.468. The van der Waals surface area contributed by atoms with Gasteiger partial charge in [0, 0.05) is 30.0 Å². The molecule has 0 bridgehead atoms. The molecule has 1 N–H and O–H groups in total. The number of hydrogen-bond donors (Lipinski definition) is 1. The van der Waals surface area contributed by atoms with Gasteiger partial charge in [0.2, 0.25) is 5.91 Å². The monoisotopic (exact) mass is 258 g/mol. The number of nitrogens with zero attached hydrogens (tertiary/aromatic N) is 1. The van der Waals surface area contributed by atoms with E-state index in [-0.39, 0.29) is 17.6 Å². The predicted molar refractivity (Wildman–Crippen MR) is 71.9 cm³/mol. The molecule has 0 saturated carbocycles. The van der Waals surface area contributed by atoms with Gasteiger partial charge in [-0.1, -0.05) is 0 Å². The lowest BCUT2D eigenvalue weighted by atomic mass is 10.1. The van der Waals surface area contributed by atoms with Crippen LogP contribution in [0.4, 0.5) is 5.69 Å². The number of benzene rings is 1. The molecule has 5 nitrogen and oxygen atoms in total. The molecule has 0 radical (unpaired) electrons. The first kappa shape index (κ1) is 11.9. The van der Waals surface area contributed by atoms with Gasteiger partial charge in [0.15, 0.2) is 0 Å². The van der Waals surface area contributed by atoms with Crippen molar-refractivity contribution in [1.29, 1.82) is 0 Å². The third kappa shape index (κ3) is 2.02. The van der Waals surface area contributed by atoms with E-state index in [0.29, 0.717) is 17.7 Å². The summed E-state index contributed by atoms with van der Waals surface area (Å²) >= 11 is 0. The summed E-state index contributed by atoms with van der Waals surface area (Å²) in [5.41, 5.74) is 4.75. The van der Waals surface area contributed by atoms with E-state index in [1.54, 1.807) is 6.07 Å². The van der Waals surface area contributed by atoms with Crippen molar-refractivity contribution in [3.05, 3.63) is 40.2 Å². The Bertz CT molecular complexity index is 720. The third-order valence-electron chi connectivity index (χ3n) is 3.27. The van der Waals surface area contributed by atoms with Gasteiger partial charge in [-0.3, -0.25) is 4.79 Å². The number of anilines is 1. The minimum atomic E-state index is -0.378. The highest BCUT2D eigenvalue weighted by atomic mass is 16.4. The van der Waals surface area contributed by atoms with Gasteiger partial charge in [-0.05, 0) is 31.5 Å². The van der Waals surface area contributed by atoms with E-state index in [1.165, 1.54) is 11.1 Å². The molecule has 3 rings (SSSR count). The van der Waals surface area contributed by atoms with E-state index in [0.717, 1.165) is 10.9 Å². The van der Waals surface area contributed by atoms with Crippen LogP contribution in [0.25, 0.3) is 11.0 Å². The standard InChI is InChI=1S/C14H14N2O3/c1-8-5-14(18)19-12-7-10(3-4-11(8)12)16-13(17)6-9(2)15-16/h3-5,7,9,15H,6H2,1-2H3. The van der Waals surface area contributed by atoms with Crippen LogP contribution in [-0.2, 0) is 4.79 Å². The summed E-state index contributed by atoms with van der Waals surface area (Å²) in [4.78, 5) is 23.2. The van der Waals surface area contributed by atoms with E-state index in [2.05, 4.69) is 5.43 Å². The highest BCUT2D eigenvalue weighted by Crippen LogP contribution is 2.25. The van der Waals surface area contributed by atoms with Gasteiger partial charge in [-0.25, -0.2) is 15.2 Å². The van der Waals surface area contributed by atoms with Crippen LogP contribution in [0.1, 0.15) is 18.9 Å². The number of aryl methyl sites for hydroxylation is 1. The molecule has 1 aromatic carbocycles. The summed E-state index contributed by atoms with van der Waals surface area (Å²) in [5, 5.41) is 2.38. The highest BCUT2D eigenvalue weighted by molar-refractivity contribution is 5.96. The lowest BCUT2D eigenvalue weighted by Crippen LogP contribution is -2.36. The SMILES string of the molecule is Cc1cc(=O)oc2cc(N3NC(C)CC3=O)ccc12. The maximum absolute atomic E-state index is 11.8. The molecule has 98 valence electrons. The van der Waals surface area contributed by atoms with Crippen LogP contribution in [0.2, 0.25) is 0 Å². The normalized spacial score (nSPS) is 19.4. The van der Waals surface area contributed by atoms with Crippen LogP contribution in [0.5, 0.6) is 0 Å². The van der Waals surface area contributed by atoms with E-state index in [4.69, 9.17) is 4.42 Å². The predicted octanol–water partition coefficient (Wildman–Crippen LogP) is 1.73. The van der Waals surface area contributed by atoms with E-state index in [1.807, 2.05) is 26.0 Å². The van der Waals surface area contributed by atoms with Gasteiger partial charge in [0.05, 0.1) is 5.69 Å². The quantitative estimate of drug-likeness (QED) is 0.791. The van der Waals surface area contributed by atoms with Crippen molar-refractivity contribution in [3.63, 3.8) is 0 Å². The molecule has 0 aliphatic carbocycles. The Morgan fingerprint density at radius 3 is 2.79 bits per heavy atom. The van der Waals surface area contributed by atoms with Crippen LogP contribution in [-0.4, -0.2) is 11.9 Å². The van der Waals surface area contributed by atoms with Gasteiger partial charge >= 0.3 is 5.63 Å². The summed E-state index contributed by atoms with van der Waals surface area (Å²) in [5.74, 6) is 0.0156. The van der Waals surface area contributed by atoms with Crippen molar-refractivity contribution in [3.8, 4) is 0 Å². The molecular formula is C14H14N2O3. The molecule has 1 unspecified atom stereocenters. The molecule has 1 aliphatic heterocycles. The van der Waals surface area contributed by atoms with Crippen molar-refractivity contribution in [2.75, 3.05) is 5.01 Å². The van der Waals surface area contributed by atoms with Crippen molar-refractivity contribution in [2.24, 2.45) is 0 Å². The minimum absolute atomic E-state index is 0.0156. The number of carbonyl (C=O) groups excluding carboxylic acids is 1. The van der Waals surface area contributed by atoms with E-state index < -0.39 is 0 Å². The number of hydrazine groups is 1. The first-order chi connectivity index (χ1) is 9.04. The van der Waals surface area contributed by atoms with Gasteiger partial charge in [0.25, 0.3) is 0 Å². The fourth-order valence-electron chi connectivity index (χ4n) is 2.36. The van der Waals surface area contributed by atoms with Crippen molar-refractivity contribution in [1.82, 2.24) is 5.43 Å². The summed E-state index contributed by atoms with van der Waals surface area (Å²) < 4.78 is 5.18. The average molecular weight is 258 g/mol. The fraction of sp³-hybridized carbons (Fsp3) is 0.286. The molecule has 19 heavy (non-hydrogen) atoms. The van der Waals surface area contributed by atoms with E-state index >= 15 is 0 Å². The summed E-state index contributed by atoms with van der Waals surface area (Å²) in [6, 6.07) is 7.00. The molecule has 0 spiro atoms. The van der Waals surface area contributed by atoms with Crippen LogP contribution in [0, 0.1) is 6.92 Å². The molecule has 1 aliphatic rings. The number of amides is 1. The van der Waals surface area contributed by atoms with Gasteiger partial charge in [0.1, 0.15) is 5.58 Å². The minimum Gasteiger partial charge on any atom is -0.423 e. The number of carbonyl (C=O) groups is 1. The van der Waals surface area contributed by atoms with Crippen LogP contribution < -0.4 is 16.1 Å². The molecule has 2 heterocycles. The first-order valence-electron chi connectivity index (χ1n) is 6.18. The molecule has 2 aromatic rings. The zero-order chi connectivity index (χ0) is 13.6. The Labute approximate surface area is 109 Å². The van der Waals surface area contributed by atoms with Gasteiger partial charge in [-0.2, -0.15) is 0 Å². The first-order valence-corrected chi connectivity index (χ1v) is 6.18. The molecule has 1 atom stereocenters. The molecule has 1 fully saturated rings. The number of rotatable bonds is 1. The van der Waals surface area contributed by atoms with Crippen LogP contribution in [0.15, 0.2) is 33.5 Å². The second-order valence-electron chi connectivity index (χ2n) is 4.89. The average Bonchev–Trinajstić information content (AvgIpc) is 2.67. The Hall–Kier alpha value is -2.14. The van der Waals surface area contributed by atoms with Crippen LogP contribution in [0.3, 0.4) is 0 Å². The third-order valence-corrected chi connectivity index (χ3v) is 3.27. The lowest BCUT2D eigenvalue weighted by molar-refractivity contribution is -0.117. The zero-order valence-electron chi connectivity index (χ0n) is 10.8. The van der Waals surface area contributed by atoms with Crippen molar-refractivity contribution < 1.29 is 9.21 Å². The summed E-state index contributed by atoms with van der Waals surface area (Å²) in [6.45, 7) is 3.81.